The normalized spacial score (nSPS) is 11.2. The summed E-state index contributed by atoms with van der Waals surface area (Å²) in [6.07, 6.45) is -4.85. The monoisotopic (exact) mass is 157 g/mol. The van der Waals surface area contributed by atoms with E-state index in [1.807, 2.05) is 0 Å². The maximum Gasteiger partial charge on any atom is 0.471 e. The smallest absolute Gasteiger partial charge is 0.395 e. The van der Waals surface area contributed by atoms with E-state index in [1.165, 1.54) is 5.32 Å². The zero-order chi connectivity index (χ0) is 8.20. The van der Waals surface area contributed by atoms with Crippen molar-refractivity contribution in [3.8, 4) is 0 Å². The number of amides is 1. The Morgan fingerprint density at radius 1 is 1.50 bits per heavy atom. The summed E-state index contributed by atoms with van der Waals surface area (Å²) in [7, 11) is 0. The van der Waals surface area contributed by atoms with Crippen LogP contribution in [0.4, 0.5) is 13.2 Å². The average Bonchev–Trinajstić information content (AvgIpc) is 1.80. The third-order valence-corrected chi connectivity index (χ3v) is 0.655. The number of alkyl halides is 3. The summed E-state index contributed by atoms with van der Waals surface area (Å²) < 4.78 is 33.8. The maximum absolute atomic E-state index is 11.3. The number of carbonyl (C=O) groups excluding carboxylic acids is 1. The minimum absolute atomic E-state index is 0.377. The molecule has 10 heavy (non-hydrogen) atoms. The van der Waals surface area contributed by atoms with Crippen molar-refractivity contribution >= 4 is 5.91 Å². The van der Waals surface area contributed by atoms with Crippen LogP contribution in [0.25, 0.3) is 0 Å². The largest absolute Gasteiger partial charge is 0.471 e. The third kappa shape index (κ3) is 3.29. The molecule has 0 bridgehead atoms. The summed E-state index contributed by atoms with van der Waals surface area (Å²) >= 11 is 0. The lowest BCUT2D eigenvalue weighted by Gasteiger charge is -2.04. The molecule has 0 saturated heterocycles. The van der Waals surface area contributed by atoms with E-state index in [0.717, 1.165) is 0 Å². The van der Waals surface area contributed by atoms with Crippen LogP contribution in [0.5, 0.6) is 0 Å². The molecular formula is C4H6F3NO2. The van der Waals surface area contributed by atoms with Gasteiger partial charge >= 0.3 is 12.1 Å². The zero-order valence-corrected chi connectivity index (χ0v) is 4.90. The van der Waals surface area contributed by atoms with Gasteiger partial charge in [0.15, 0.2) is 0 Å². The van der Waals surface area contributed by atoms with Crippen LogP contribution < -0.4 is 5.32 Å². The van der Waals surface area contributed by atoms with Crippen molar-refractivity contribution < 1.29 is 23.1 Å². The van der Waals surface area contributed by atoms with Gasteiger partial charge < -0.3 is 10.4 Å². The molecule has 1 amide bonds. The summed E-state index contributed by atoms with van der Waals surface area (Å²) in [5.41, 5.74) is 0. The van der Waals surface area contributed by atoms with Crippen LogP contribution in [-0.4, -0.2) is 30.3 Å². The van der Waals surface area contributed by atoms with Gasteiger partial charge in [0, 0.05) is 6.54 Å². The molecule has 0 rings (SSSR count). The Morgan fingerprint density at radius 2 is 2.00 bits per heavy atom. The first-order valence-corrected chi connectivity index (χ1v) is 2.44. The van der Waals surface area contributed by atoms with Crippen LogP contribution in [0.15, 0.2) is 0 Å². The van der Waals surface area contributed by atoms with Crippen molar-refractivity contribution in [1.29, 1.82) is 0 Å². The number of aliphatic hydroxyl groups excluding tert-OH is 1. The average molecular weight is 157 g/mol. The highest BCUT2D eigenvalue weighted by molar-refractivity contribution is 5.81. The van der Waals surface area contributed by atoms with E-state index in [4.69, 9.17) is 5.11 Å². The van der Waals surface area contributed by atoms with Crippen molar-refractivity contribution in [2.75, 3.05) is 13.2 Å². The molecule has 0 unspecified atom stereocenters. The number of halogens is 3. The van der Waals surface area contributed by atoms with Gasteiger partial charge in [-0.2, -0.15) is 13.2 Å². The first kappa shape index (κ1) is 9.22. The Bertz CT molecular complexity index is 122. The molecule has 0 spiro atoms. The fourth-order valence-corrected chi connectivity index (χ4v) is 0.270. The van der Waals surface area contributed by atoms with Crippen LogP contribution in [-0.2, 0) is 4.79 Å². The van der Waals surface area contributed by atoms with Crippen LogP contribution in [0, 0.1) is 0 Å². The van der Waals surface area contributed by atoms with E-state index < -0.39 is 18.7 Å². The molecular weight excluding hydrogens is 151 g/mol. The summed E-state index contributed by atoms with van der Waals surface area (Å²) in [6, 6.07) is 0. The highest BCUT2D eigenvalue weighted by Gasteiger charge is 2.37. The molecule has 0 saturated carbocycles. The number of hydrogen-bond donors (Lipinski definition) is 2. The quantitative estimate of drug-likeness (QED) is 0.576. The molecule has 0 aliphatic heterocycles. The van der Waals surface area contributed by atoms with Gasteiger partial charge in [-0.05, 0) is 0 Å². The minimum atomic E-state index is -4.85. The molecule has 6 heteroatoms. The Labute approximate surface area is 54.8 Å². The van der Waals surface area contributed by atoms with Crippen LogP contribution in [0.3, 0.4) is 0 Å². The lowest BCUT2D eigenvalue weighted by Crippen LogP contribution is -2.38. The van der Waals surface area contributed by atoms with Crippen molar-refractivity contribution in [1.82, 2.24) is 5.32 Å². The van der Waals surface area contributed by atoms with Gasteiger partial charge in [-0.3, -0.25) is 4.79 Å². The van der Waals surface area contributed by atoms with Crippen molar-refractivity contribution in [3.63, 3.8) is 0 Å². The fourth-order valence-electron chi connectivity index (χ4n) is 0.270. The predicted octanol–water partition coefficient (Wildman–Crippen LogP) is -0.343. The molecule has 60 valence electrons. The first-order valence-electron chi connectivity index (χ1n) is 2.44. The van der Waals surface area contributed by atoms with Gasteiger partial charge in [0.2, 0.25) is 0 Å². The second-order valence-electron chi connectivity index (χ2n) is 1.48. The second kappa shape index (κ2) is 3.40. The van der Waals surface area contributed by atoms with Crippen LogP contribution in [0.2, 0.25) is 0 Å². The molecule has 2 N–H and O–H groups in total. The molecule has 0 aliphatic rings. The van der Waals surface area contributed by atoms with Gasteiger partial charge in [-0.1, -0.05) is 0 Å². The summed E-state index contributed by atoms with van der Waals surface area (Å²) in [5.74, 6) is -2.03. The minimum Gasteiger partial charge on any atom is -0.395 e. The van der Waals surface area contributed by atoms with E-state index in [-0.39, 0.29) is 6.54 Å². The number of rotatable bonds is 2. The second-order valence-corrected chi connectivity index (χ2v) is 1.48. The van der Waals surface area contributed by atoms with E-state index >= 15 is 0 Å². The van der Waals surface area contributed by atoms with Crippen molar-refractivity contribution in [3.05, 3.63) is 0 Å². The van der Waals surface area contributed by atoms with Crippen LogP contribution >= 0.6 is 0 Å². The number of aliphatic hydroxyl groups is 1. The molecule has 3 nitrogen and oxygen atoms in total. The summed E-state index contributed by atoms with van der Waals surface area (Å²) in [6.45, 7) is -0.875. The third-order valence-electron chi connectivity index (χ3n) is 0.655. The number of nitrogens with one attached hydrogen (secondary N) is 1. The highest BCUT2D eigenvalue weighted by Crippen LogP contribution is 2.13. The number of hydrogen-bond acceptors (Lipinski definition) is 2. The van der Waals surface area contributed by atoms with Gasteiger partial charge in [0.25, 0.3) is 0 Å². The van der Waals surface area contributed by atoms with Crippen molar-refractivity contribution in [2.45, 2.75) is 6.18 Å². The van der Waals surface area contributed by atoms with Gasteiger partial charge in [-0.15, -0.1) is 0 Å². The van der Waals surface area contributed by atoms with E-state index in [0.29, 0.717) is 0 Å². The SMILES string of the molecule is O=C(NCCO)C(F)(F)F. The Morgan fingerprint density at radius 3 is 2.30 bits per heavy atom. The summed E-state index contributed by atoms with van der Waals surface area (Å²) in [4.78, 5) is 9.88. The van der Waals surface area contributed by atoms with E-state index in [2.05, 4.69) is 0 Å². The predicted molar refractivity (Wildman–Crippen MR) is 26.2 cm³/mol. The molecule has 0 fully saturated rings. The lowest BCUT2D eigenvalue weighted by atomic mass is 10.5. The first-order chi connectivity index (χ1) is 4.48. The number of carbonyl (C=O) groups is 1. The fraction of sp³-hybridized carbons (Fsp3) is 0.750. The van der Waals surface area contributed by atoms with Gasteiger partial charge in [0.1, 0.15) is 0 Å². The molecule has 0 aromatic rings. The van der Waals surface area contributed by atoms with Gasteiger partial charge in [0.05, 0.1) is 6.61 Å². The zero-order valence-electron chi connectivity index (χ0n) is 4.90. The Hall–Kier alpha value is -0.780. The maximum atomic E-state index is 11.3. The highest BCUT2D eigenvalue weighted by atomic mass is 19.4. The standard InChI is InChI=1S/C4H6F3NO2/c5-4(6,7)3(10)8-1-2-9/h9H,1-2H2,(H,8,10). The molecule has 0 aliphatic carbocycles. The van der Waals surface area contributed by atoms with Crippen LogP contribution in [0.1, 0.15) is 0 Å². The molecule has 0 aromatic carbocycles. The molecule has 0 aromatic heterocycles. The van der Waals surface area contributed by atoms with Crippen molar-refractivity contribution in [2.24, 2.45) is 0 Å². The Balaban J connectivity index is 3.64. The molecule has 0 heterocycles. The van der Waals surface area contributed by atoms with E-state index in [9.17, 15) is 18.0 Å². The molecule has 0 radical (unpaired) electrons. The Kier molecular flexibility index (Phi) is 3.14. The van der Waals surface area contributed by atoms with Gasteiger partial charge in [-0.25, -0.2) is 0 Å². The topological polar surface area (TPSA) is 49.3 Å². The molecule has 0 atom stereocenters. The lowest BCUT2D eigenvalue weighted by molar-refractivity contribution is -0.173. The van der Waals surface area contributed by atoms with E-state index in [1.54, 1.807) is 0 Å². The summed E-state index contributed by atoms with van der Waals surface area (Å²) in [5, 5.41) is 9.46.